The van der Waals surface area contributed by atoms with Gasteiger partial charge < -0.3 is 15.8 Å². The number of nitrogens with zero attached hydrogens (tertiary/aromatic N) is 1. The van der Waals surface area contributed by atoms with Crippen molar-refractivity contribution in [1.82, 2.24) is 4.98 Å². The van der Waals surface area contributed by atoms with Crippen molar-refractivity contribution in [2.75, 3.05) is 17.7 Å². The fourth-order valence-corrected chi connectivity index (χ4v) is 1.93. The lowest BCUT2D eigenvalue weighted by atomic mass is 10.1. The SMILES string of the molecule is CCCOc1nc(NC(C)c2cccc(F)c2)ccc1N. The van der Waals surface area contributed by atoms with Gasteiger partial charge in [0.15, 0.2) is 0 Å². The van der Waals surface area contributed by atoms with Gasteiger partial charge in [0, 0.05) is 0 Å². The fraction of sp³-hybridized carbons (Fsp3) is 0.312. The zero-order chi connectivity index (χ0) is 15.2. The predicted octanol–water partition coefficient (Wildman–Crippen LogP) is 3.76. The molecule has 0 bridgehead atoms. The van der Waals surface area contributed by atoms with Crippen molar-refractivity contribution in [3.63, 3.8) is 0 Å². The predicted molar refractivity (Wildman–Crippen MR) is 82.9 cm³/mol. The van der Waals surface area contributed by atoms with E-state index in [4.69, 9.17) is 10.5 Å². The second kappa shape index (κ2) is 6.92. The normalized spacial score (nSPS) is 12.0. The number of benzene rings is 1. The monoisotopic (exact) mass is 289 g/mol. The molecule has 21 heavy (non-hydrogen) atoms. The summed E-state index contributed by atoms with van der Waals surface area (Å²) in [4.78, 5) is 4.35. The van der Waals surface area contributed by atoms with Gasteiger partial charge in [0.25, 0.3) is 0 Å². The smallest absolute Gasteiger partial charge is 0.239 e. The molecule has 0 saturated carbocycles. The summed E-state index contributed by atoms with van der Waals surface area (Å²) in [6.45, 7) is 4.53. The minimum Gasteiger partial charge on any atom is -0.476 e. The number of rotatable bonds is 6. The van der Waals surface area contributed by atoms with E-state index in [0.29, 0.717) is 24.0 Å². The first-order chi connectivity index (χ1) is 10.1. The second-order valence-corrected chi connectivity index (χ2v) is 4.86. The van der Waals surface area contributed by atoms with Gasteiger partial charge in [-0.25, -0.2) is 4.39 Å². The summed E-state index contributed by atoms with van der Waals surface area (Å²) in [7, 11) is 0. The number of aromatic nitrogens is 1. The minimum absolute atomic E-state index is 0.0733. The van der Waals surface area contributed by atoms with Gasteiger partial charge in [0.1, 0.15) is 11.6 Å². The van der Waals surface area contributed by atoms with Crippen molar-refractivity contribution in [2.24, 2.45) is 0 Å². The quantitative estimate of drug-likeness (QED) is 0.850. The van der Waals surface area contributed by atoms with Gasteiger partial charge in [0.05, 0.1) is 18.3 Å². The lowest BCUT2D eigenvalue weighted by Crippen LogP contribution is -2.09. The van der Waals surface area contributed by atoms with Gasteiger partial charge in [-0.1, -0.05) is 19.1 Å². The molecule has 0 aliphatic carbocycles. The summed E-state index contributed by atoms with van der Waals surface area (Å²) in [5, 5.41) is 3.22. The Hall–Kier alpha value is -2.30. The molecule has 2 rings (SSSR count). The van der Waals surface area contributed by atoms with Crippen LogP contribution >= 0.6 is 0 Å². The Bertz CT molecular complexity index is 604. The molecule has 1 heterocycles. The Morgan fingerprint density at radius 3 is 2.86 bits per heavy atom. The molecule has 0 fully saturated rings. The van der Waals surface area contributed by atoms with Gasteiger partial charge in [-0.2, -0.15) is 4.98 Å². The Morgan fingerprint density at radius 2 is 2.14 bits per heavy atom. The van der Waals surface area contributed by atoms with Crippen LogP contribution in [-0.4, -0.2) is 11.6 Å². The van der Waals surface area contributed by atoms with E-state index in [1.54, 1.807) is 18.2 Å². The Kier molecular flexibility index (Phi) is 4.98. The number of pyridine rings is 1. The molecule has 0 aliphatic rings. The largest absolute Gasteiger partial charge is 0.476 e. The van der Waals surface area contributed by atoms with E-state index in [9.17, 15) is 4.39 Å². The highest BCUT2D eigenvalue weighted by atomic mass is 19.1. The van der Waals surface area contributed by atoms with Crippen molar-refractivity contribution >= 4 is 11.5 Å². The molecule has 1 atom stereocenters. The summed E-state index contributed by atoms with van der Waals surface area (Å²) in [6.07, 6.45) is 0.887. The third-order valence-electron chi connectivity index (χ3n) is 3.05. The molecular weight excluding hydrogens is 269 g/mol. The molecule has 1 aromatic heterocycles. The molecule has 0 aliphatic heterocycles. The molecule has 1 aromatic carbocycles. The Balaban J connectivity index is 2.11. The molecular formula is C16H20FN3O. The van der Waals surface area contributed by atoms with E-state index in [2.05, 4.69) is 10.3 Å². The molecule has 0 radical (unpaired) electrons. The van der Waals surface area contributed by atoms with Gasteiger partial charge in [-0.15, -0.1) is 0 Å². The van der Waals surface area contributed by atoms with E-state index in [1.807, 2.05) is 19.9 Å². The first kappa shape index (κ1) is 15.1. The van der Waals surface area contributed by atoms with E-state index in [0.717, 1.165) is 12.0 Å². The summed E-state index contributed by atoms with van der Waals surface area (Å²) in [5.74, 6) is 0.818. The van der Waals surface area contributed by atoms with Crippen molar-refractivity contribution < 1.29 is 9.13 Å². The van der Waals surface area contributed by atoms with Crippen LogP contribution in [0.25, 0.3) is 0 Å². The Morgan fingerprint density at radius 1 is 1.33 bits per heavy atom. The van der Waals surface area contributed by atoms with Crippen LogP contribution in [0, 0.1) is 5.82 Å². The lowest BCUT2D eigenvalue weighted by Gasteiger charge is -2.16. The maximum atomic E-state index is 13.2. The number of nitrogen functional groups attached to an aromatic ring is 1. The maximum absolute atomic E-state index is 13.2. The van der Waals surface area contributed by atoms with Crippen LogP contribution in [0.4, 0.5) is 15.9 Å². The molecule has 3 N–H and O–H groups in total. The molecule has 1 unspecified atom stereocenters. The van der Waals surface area contributed by atoms with Crippen LogP contribution in [-0.2, 0) is 0 Å². The fourth-order valence-electron chi connectivity index (χ4n) is 1.93. The van der Waals surface area contributed by atoms with Crippen LogP contribution in [0.5, 0.6) is 5.88 Å². The van der Waals surface area contributed by atoms with Crippen molar-refractivity contribution in [3.05, 3.63) is 47.8 Å². The van der Waals surface area contributed by atoms with Crippen LogP contribution in [0.1, 0.15) is 31.9 Å². The highest BCUT2D eigenvalue weighted by Gasteiger charge is 2.09. The number of hydrogen-bond acceptors (Lipinski definition) is 4. The van der Waals surface area contributed by atoms with Crippen LogP contribution in [0.15, 0.2) is 36.4 Å². The number of halogens is 1. The number of nitrogens with two attached hydrogens (primary N) is 1. The van der Waals surface area contributed by atoms with Gasteiger partial charge in [0.2, 0.25) is 5.88 Å². The van der Waals surface area contributed by atoms with E-state index in [1.165, 1.54) is 12.1 Å². The third-order valence-corrected chi connectivity index (χ3v) is 3.05. The highest BCUT2D eigenvalue weighted by Crippen LogP contribution is 2.24. The summed E-state index contributed by atoms with van der Waals surface area (Å²) >= 11 is 0. The van der Waals surface area contributed by atoms with E-state index in [-0.39, 0.29) is 11.9 Å². The summed E-state index contributed by atoms with van der Waals surface area (Å²) < 4.78 is 18.7. The molecule has 2 aromatic rings. The van der Waals surface area contributed by atoms with E-state index < -0.39 is 0 Å². The average molecular weight is 289 g/mol. The van der Waals surface area contributed by atoms with Crippen LogP contribution in [0.2, 0.25) is 0 Å². The van der Waals surface area contributed by atoms with E-state index >= 15 is 0 Å². The van der Waals surface area contributed by atoms with Gasteiger partial charge in [-0.05, 0) is 43.2 Å². The maximum Gasteiger partial charge on any atom is 0.239 e. The summed E-state index contributed by atoms with van der Waals surface area (Å²) in [5.41, 5.74) is 7.19. The standard InChI is InChI=1S/C16H20FN3O/c1-3-9-21-16-14(18)7-8-15(20-16)19-11(2)12-5-4-6-13(17)10-12/h4-8,10-11H,3,9,18H2,1-2H3,(H,19,20). The number of ether oxygens (including phenoxy) is 1. The minimum atomic E-state index is -0.251. The third kappa shape index (κ3) is 4.08. The van der Waals surface area contributed by atoms with Crippen LogP contribution < -0.4 is 15.8 Å². The molecule has 112 valence electrons. The molecule has 4 nitrogen and oxygen atoms in total. The van der Waals surface area contributed by atoms with Crippen molar-refractivity contribution in [2.45, 2.75) is 26.3 Å². The molecule has 0 saturated heterocycles. The topological polar surface area (TPSA) is 60.2 Å². The van der Waals surface area contributed by atoms with Crippen molar-refractivity contribution in [3.8, 4) is 5.88 Å². The zero-order valence-corrected chi connectivity index (χ0v) is 12.3. The summed E-state index contributed by atoms with van der Waals surface area (Å²) in [6, 6.07) is 9.94. The molecule has 5 heteroatoms. The van der Waals surface area contributed by atoms with Crippen LogP contribution in [0.3, 0.4) is 0 Å². The van der Waals surface area contributed by atoms with Gasteiger partial charge >= 0.3 is 0 Å². The van der Waals surface area contributed by atoms with Crippen molar-refractivity contribution in [1.29, 1.82) is 0 Å². The zero-order valence-electron chi connectivity index (χ0n) is 12.3. The number of anilines is 2. The second-order valence-electron chi connectivity index (χ2n) is 4.86. The molecule has 0 spiro atoms. The lowest BCUT2D eigenvalue weighted by molar-refractivity contribution is 0.307. The average Bonchev–Trinajstić information content (AvgIpc) is 2.47. The number of nitrogens with one attached hydrogen (secondary N) is 1. The molecule has 0 amide bonds. The highest BCUT2D eigenvalue weighted by molar-refractivity contribution is 5.54. The first-order valence-electron chi connectivity index (χ1n) is 7.01. The van der Waals surface area contributed by atoms with Gasteiger partial charge in [-0.3, -0.25) is 0 Å². The number of hydrogen-bond donors (Lipinski definition) is 2. The Labute approximate surface area is 124 Å². The first-order valence-corrected chi connectivity index (χ1v) is 7.01.